The second kappa shape index (κ2) is 6.47. The molecule has 0 spiro atoms. The van der Waals surface area contributed by atoms with Crippen LogP contribution >= 0.6 is 0 Å². The Kier molecular flexibility index (Phi) is 4.91. The smallest absolute Gasteiger partial charge is 0.240 e. The van der Waals surface area contributed by atoms with Crippen molar-refractivity contribution >= 4 is 10.0 Å². The van der Waals surface area contributed by atoms with Gasteiger partial charge in [0.15, 0.2) is 0 Å². The molecule has 110 valence electrons. The molecule has 0 fully saturated rings. The normalized spacial score (nSPS) is 16.0. The first-order valence-electron chi connectivity index (χ1n) is 6.63. The monoisotopic (exact) mass is 298 g/mol. The van der Waals surface area contributed by atoms with Gasteiger partial charge >= 0.3 is 0 Å². The molecule has 0 saturated carbocycles. The number of hydrogen-bond acceptors (Lipinski definition) is 3. The van der Waals surface area contributed by atoms with Gasteiger partial charge in [-0.3, -0.25) is 0 Å². The van der Waals surface area contributed by atoms with Crippen LogP contribution in [0.5, 0.6) is 0 Å². The average Bonchev–Trinajstić information content (AvgIpc) is 2.42. The molecule has 0 amide bonds. The number of rotatable bonds is 5. The van der Waals surface area contributed by atoms with Crippen LogP contribution in [0.1, 0.15) is 18.4 Å². The third-order valence-electron chi connectivity index (χ3n) is 3.34. The fraction of sp³-hybridized carbons (Fsp3) is 0.429. The van der Waals surface area contributed by atoms with E-state index in [1.165, 1.54) is 17.7 Å². The number of aryl methyl sites for hydroxylation is 1. The summed E-state index contributed by atoms with van der Waals surface area (Å²) < 4.78 is 40.0. The number of benzene rings is 1. The summed E-state index contributed by atoms with van der Waals surface area (Å²) in [5, 5.41) is 3.20. The van der Waals surface area contributed by atoms with Crippen molar-refractivity contribution in [2.75, 3.05) is 19.6 Å². The lowest BCUT2D eigenvalue weighted by Gasteiger charge is -2.14. The zero-order valence-corrected chi connectivity index (χ0v) is 12.3. The van der Waals surface area contributed by atoms with E-state index in [-0.39, 0.29) is 4.90 Å². The van der Waals surface area contributed by atoms with Crippen LogP contribution in [0.4, 0.5) is 4.39 Å². The third-order valence-corrected chi connectivity index (χ3v) is 4.94. The van der Waals surface area contributed by atoms with Gasteiger partial charge in [0, 0.05) is 13.1 Å². The first-order valence-corrected chi connectivity index (χ1v) is 8.12. The van der Waals surface area contributed by atoms with Gasteiger partial charge in [-0.05, 0) is 44.0 Å². The Morgan fingerprint density at radius 1 is 1.40 bits per heavy atom. The maximum atomic E-state index is 13.2. The summed E-state index contributed by atoms with van der Waals surface area (Å²) in [7, 11) is -3.65. The van der Waals surface area contributed by atoms with E-state index in [2.05, 4.69) is 16.1 Å². The van der Waals surface area contributed by atoms with Crippen molar-refractivity contribution in [1.29, 1.82) is 0 Å². The van der Waals surface area contributed by atoms with Crippen molar-refractivity contribution < 1.29 is 12.8 Å². The molecule has 0 aliphatic carbocycles. The highest BCUT2D eigenvalue weighted by Crippen LogP contribution is 2.16. The van der Waals surface area contributed by atoms with Crippen LogP contribution in [-0.4, -0.2) is 28.1 Å². The molecule has 0 radical (unpaired) electrons. The standard InChI is InChI=1S/C14H19FN2O2S/c1-11-2-3-13(15)10-14(11)20(18,19)17-9-6-12-4-7-16-8-5-12/h2-4,10,16-17H,5-9H2,1H3. The van der Waals surface area contributed by atoms with E-state index in [1.54, 1.807) is 6.92 Å². The lowest BCUT2D eigenvalue weighted by molar-refractivity contribution is 0.575. The van der Waals surface area contributed by atoms with Gasteiger partial charge in [0.25, 0.3) is 0 Å². The topological polar surface area (TPSA) is 58.2 Å². The van der Waals surface area contributed by atoms with Gasteiger partial charge in [-0.25, -0.2) is 17.5 Å². The van der Waals surface area contributed by atoms with E-state index in [9.17, 15) is 12.8 Å². The third kappa shape index (κ3) is 3.88. The van der Waals surface area contributed by atoms with E-state index >= 15 is 0 Å². The molecule has 1 aromatic rings. The molecule has 2 N–H and O–H groups in total. The molecule has 2 rings (SSSR count). The molecule has 1 aliphatic heterocycles. The Morgan fingerprint density at radius 3 is 2.90 bits per heavy atom. The minimum Gasteiger partial charge on any atom is -0.313 e. The van der Waals surface area contributed by atoms with Crippen molar-refractivity contribution in [1.82, 2.24) is 10.0 Å². The van der Waals surface area contributed by atoms with Crippen molar-refractivity contribution in [2.45, 2.75) is 24.7 Å². The second-order valence-corrected chi connectivity index (χ2v) is 6.61. The number of halogens is 1. The minimum absolute atomic E-state index is 0.0109. The van der Waals surface area contributed by atoms with E-state index in [0.717, 1.165) is 25.6 Å². The highest BCUT2D eigenvalue weighted by Gasteiger charge is 2.17. The Morgan fingerprint density at radius 2 is 2.20 bits per heavy atom. The fourth-order valence-corrected chi connectivity index (χ4v) is 3.47. The van der Waals surface area contributed by atoms with Gasteiger partial charge in [0.1, 0.15) is 5.82 Å². The maximum absolute atomic E-state index is 13.2. The summed E-state index contributed by atoms with van der Waals surface area (Å²) in [5.74, 6) is -0.544. The average molecular weight is 298 g/mol. The van der Waals surface area contributed by atoms with Crippen molar-refractivity contribution in [3.63, 3.8) is 0 Å². The van der Waals surface area contributed by atoms with Gasteiger partial charge in [-0.15, -0.1) is 0 Å². The van der Waals surface area contributed by atoms with Crippen molar-refractivity contribution in [3.8, 4) is 0 Å². The van der Waals surface area contributed by atoms with Crippen LogP contribution in [0.3, 0.4) is 0 Å². The van der Waals surface area contributed by atoms with Crippen LogP contribution in [0.25, 0.3) is 0 Å². The molecular weight excluding hydrogens is 279 g/mol. The summed E-state index contributed by atoms with van der Waals surface area (Å²) in [5.41, 5.74) is 1.79. The summed E-state index contributed by atoms with van der Waals surface area (Å²) in [6.07, 6.45) is 3.72. The van der Waals surface area contributed by atoms with Crippen LogP contribution in [0.15, 0.2) is 34.7 Å². The molecule has 1 aromatic carbocycles. The molecule has 1 aliphatic rings. The van der Waals surface area contributed by atoms with Crippen molar-refractivity contribution in [2.24, 2.45) is 0 Å². The second-order valence-electron chi connectivity index (χ2n) is 4.87. The highest BCUT2D eigenvalue weighted by atomic mass is 32.2. The van der Waals surface area contributed by atoms with Crippen LogP contribution in [-0.2, 0) is 10.0 Å². The van der Waals surface area contributed by atoms with E-state index in [0.29, 0.717) is 18.5 Å². The quantitative estimate of drug-likeness (QED) is 0.814. The Hall–Kier alpha value is -1.24. The van der Waals surface area contributed by atoms with Crippen LogP contribution < -0.4 is 10.0 Å². The summed E-state index contributed by atoms with van der Waals surface area (Å²) in [6.45, 7) is 3.76. The first-order chi connectivity index (χ1) is 9.49. The lowest BCUT2D eigenvalue weighted by atomic mass is 10.1. The van der Waals surface area contributed by atoms with Crippen LogP contribution in [0, 0.1) is 12.7 Å². The lowest BCUT2D eigenvalue weighted by Crippen LogP contribution is -2.27. The summed E-state index contributed by atoms with van der Waals surface area (Å²) in [6, 6.07) is 3.79. The van der Waals surface area contributed by atoms with Gasteiger partial charge in [0.2, 0.25) is 10.0 Å². The van der Waals surface area contributed by atoms with Gasteiger partial charge in [0.05, 0.1) is 4.90 Å². The SMILES string of the molecule is Cc1ccc(F)cc1S(=O)(=O)NCCC1=CCNCC1. The summed E-state index contributed by atoms with van der Waals surface area (Å²) >= 11 is 0. The highest BCUT2D eigenvalue weighted by molar-refractivity contribution is 7.89. The Bertz CT molecular complexity index is 612. The molecule has 0 unspecified atom stereocenters. The van der Waals surface area contributed by atoms with Gasteiger partial charge in [-0.1, -0.05) is 17.7 Å². The number of sulfonamides is 1. The molecule has 4 nitrogen and oxygen atoms in total. The maximum Gasteiger partial charge on any atom is 0.240 e. The molecule has 0 bridgehead atoms. The van der Waals surface area contributed by atoms with E-state index in [4.69, 9.17) is 0 Å². The molecule has 0 aromatic heterocycles. The predicted molar refractivity (Wildman–Crippen MR) is 76.5 cm³/mol. The van der Waals surface area contributed by atoms with E-state index < -0.39 is 15.8 Å². The molecular formula is C14H19FN2O2S. The van der Waals surface area contributed by atoms with Crippen LogP contribution in [0.2, 0.25) is 0 Å². The molecule has 20 heavy (non-hydrogen) atoms. The molecule has 0 saturated heterocycles. The summed E-state index contributed by atoms with van der Waals surface area (Å²) in [4.78, 5) is 0.0109. The Balaban J connectivity index is 2.00. The van der Waals surface area contributed by atoms with Crippen molar-refractivity contribution in [3.05, 3.63) is 41.2 Å². The molecule has 1 heterocycles. The Labute approximate surface area is 119 Å². The fourth-order valence-electron chi connectivity index (χ4n) is 2.18. The zero-order valence-electron chi connectivity index (χ0n) is 11.4. The van der Waals surface area contributed by atoms with Gasteiger partial charge in [-0.2, -0.15) is 0 Å². The number of hydrogen-bond donors (Lipinski definition) is 2. The van der Waals surface area contributed by atoms with Gasteiger partial charge < -0.3 is 5.32 Å². The molecule has 0 atom stereocenters. The largest absolute Gasteiger partial charge is 0.313 e. The minimum atomic E-state index is -3.65. The molecule has 6 heteroatoms. The first kappa shape index (κ1) is 15.2. The zero-order chi connectivity index (χ0) is 14.6. The number of nitrogens with one attached hydrogen (secondary N) is 2. The predicted octanol–water partition coefficient (Wildman–Crippen LogP) is 1.72. The van der Waals surface area contributed by atoms with E-state index in [1.807, 2.05) is 0 Å².